The Kier molecular flexibility index (Phi) is 8.98. The lowest BCUT2D eigenvalue weighted by atomic mass is 9.89. The van der Waals surface area contributed by atoms with Crippen LogP contribution in [-0.4, -0.2) is 58.1 Å². The van der Waals surface area contributed by atoms with Crippen molar-refractivity contribution in [1.29, 1.82) is 5.26 Å². The summed E-state index contributed by atoms with van der Waals surface area (Å²) in [7, 11) is -1.37. The fourth-order valence-corrected chi connectivity index (χ4v) is 5.83. The average molecular weight is 620 g/mol. The molecular weight excluding hydrogens is 578 g/mol. The number of hydrogen-bond acceptors (Lipinski definition) is 8. The number of aromatic nitrogens is 3. The van der Waals surface area contributed by atoms with Crippen LogP contribution in [0, 0.1) is 18.3 Å². The van der Waals surface area contributed by atoms with Crippen LogP contribution >= 0.6 is 0 Å². The molecule has 3 N–H and O–H groups in total. The molecule has 1 amide bonds. The lowest BCUT2D eigenvalue weighted by Crippen LogP contribution is -2.30. The second-order valence-electron chi connectivity index (χ2n) is 13.3. The third kappa shape index (κ3) is 6.96. The summed E-state index contributed by atoms with van der Waals surface area (Å²) in [5.41, 5.74) is 5.88. The van der Waals surface area contributed by atoms with E-state index in [-0.39, 0.29) is 23.9 Å². The van der Waals surface area contributed by atoms with Crippen molar-refractivity contribution in [2.45, 2.75) is 78.2 Å². The molecule has 4 rings (SSSR count). The molecule has 0 bridgehead atoms. The molecule has 1 atom stereocenters. The van der Waals surface area contributed by atoms with E-state index in [2.05, 4.69) is 25.7 Å². The summed E-state index contributed by atoms with van der Waals surface area (Å²) in [6, 6.07) is 11.5. The second kappa shape index (κ2) is 12.1. The number of nitrogens with zero attached hydrogens (tertiary/aromatic N) is 4. The number of fused-ring (bicyclic) bond motifs is 2. The second-order valence-corrected chi connectivity index (χ2v) is 19.0. The number of ether oxygens (including phenoxy) is 3. The summed E-state index contributed by atoms with van der Waals surface area (Å²) in [5, 5.41) is 22.6. The van der Waals surface area contributed by atoms with Crippen LogP contribution in [0.1, 0.15) is 50.2 Å². The molecular formula is C32H41N5O6Si. The number of nitrogens with two attached hydrogens (primary N) is 1. The Morgan fingerprint density at radius 3 is 2.45 bits per heavy atom. The Balaban J connectivity index is 1.95. The lowest BCUT2D eigenvalue weighted by molar-refractivity contribution is -0.120. The van der Waals surface area contributed by atoms with Crippen molar-refractivity contribution in [3.63, 3.8) is 0 Å². The third-order valence-corrected chi connectivity index (χ3v) is 8.80. The van der Waals surface area contributed by atoms with Gasteiger partial charge >= 0.3 is 6.09 Å². The minimum Gasteiger partial charge on any atom is -0.483 e. The molecule has 0 aliphatic carbocycles. The summed E-state index contributed by atoms with van der Waals surface area (Å²) in [6.07, 6.45) is 0.990. The molecule has 0 fully saturated rings. The van der Waals surface area contributed by atoms with Gasteiger partial charge in [-0.1, -0.05) is 19.6 Å². The first kappa shape index (κ1) is 32.7. The number of benzene rings is 2. The van der Waals surface area contributed by atoms with E-state index in [1.54, 1.807) is 75.7 Å². The van der Waals surface area contributed by atoms with Gasteiger partial charge < -0.3 is 29.6 Å². The Morgan fingerprint density at radius 1 is 1.14 bits per heavy atom. The SMILES string of the molecule is Cc1cc(OCC(N)=O)c(C(C)(O)c2nc3ccc(C#N)cc3n2COCC[Si](C)(C)C)c2ccn(C(=O)OC(C)(C)C)c12. The van der Waals surface area contributed by atoms with Crippen LogP contribution in [0.15, 0.2) is 36.5 Å². The standard InChI is InChI=1S/C32H41N5O6Si/c1-20-15-25(42-18-26(34)38)27(22-11-12-36(28(20)22)30(39)43-31(2,3)4)32(5,40)29-35-23-10-9-21(17-33)16-24(23)37(29)19-41-13-14-44(6,7)8/h9-12,15-16,40H,13-14,18-19H2,1-8H3,(H2,34,38). The molecule has 0 radical (unpaired) electrons. The van der Waals surface area contributed by atoms with Crippen molar-refractivity contribution in [2.75, 3.05) is 13.2 Å². The number of hydrogen-bond donors (Lipinski definition) is 2. The normalized spacial score (nSPS) is 13.5. The van der Waals surface area contributed by atoms with E-state index < -0.39 is 37.9 Å². The molecule has 1 unspecified atom stereocenters. The number of imidazole rings is 1. The van der Waals surface area contributed by atoms with Crippen molar-refractivity contribution in [1.82, 2.24) is 14.1 Å². The van der Waals surface area contributed by atoms with E-state index in [1.165, 1.54) is 4.57 Å². The molecule has 2 aromatic carbocycles. The molecule has 234 valence electrons. The van der Waals surface area contributed by atoms with Crippen LogP contribution in [0.2, 0.25) is 25.7 Å². The zero-order valence-electron chi connectivity index (χ0n) is 26.6. The van der Waals surface area contributed by atoms with Gasteiger partial charge in [0.15, 0.2) is 6.61 Å². The number of nitriles is 1. The highest BCUT2D eigenvalue weighted by molar-refractivity contribution is 6.76. The van der Waals surface area contributed by atoms with Gasteiger partial charge in [-0.2, -0.15) is 5.26 Å². The largest absolute Gasteiger partial charge is 0.483 e. The minimum absolute atomic E-state index is 0.0761. The fraction of sp³-hybridized carbons (Fsp3) is 0.438. The molecule has 4 aromatic rings. The quantitative estimate of drug-likeness (QED) is 0.177. The predicted molar refractivity (Wildman–Crippen MR) is 170 cm³/mol. The number of carbonyl (C=O) groups excluding carboxylic acids is 2. The third-order valence-electron chi connectivity index (χ3n) is 7.10. The zero-order valence-corrected chi connectivity index (χ0v) is 27.6. The molecule has 0 saturated heterocycles. The Labute approximate surface area is 258 Å². The minimum atomic E-state index is -1.84. The van der Waals surface area contributed by atoms with Gasteiger partial charge in [0, 0.05) is 31.8 Å². The van der Waals surface area contributed by atoms with Crippen molar-refractivity contribution >= 4 is 42.0 Å². The first-order valence-electron chi connectivity index (χ1n) is 14.4. The smallest absolute Gasteiger partial charge is 0.419 e. The average Bonchev–Trinajstić information content (AvgIpc) is 3.51. The van der Waals surface area contributed by atoms with Gasteiger partial charge in [0.05, 0.1) is 28.2 Å². The van der Waals surface area contributed by atoms with Crippen LogP contribution in [0.5, 0.6) is 5.75 Å². The molecule has 11 nitrogen and oxygen atoms in total. The molecule has 0 spiro atoms. The maximum Gasteiger partial charge on any atom is 0.419 e. The van der Waals surface area contributed by atoms with Gasteiger partial charge in [-0.05, 0) is 76.6 Å². The molecule has 2 aromatic heterocycles. The van der Waals surface area contributed by atoms with E-state index in [4.69, 9.17) is 24.9 Å². The number of aryl methyl sites for hydroxylation is 1. The highest BCUT2D eigenvalue weighted by Crippen LogP contribution is 2.43. The van der Waals surface area contributed by atoms with Crippen LogP contribution in [0.4, 0.5) is 4.79 Å². The van der Waals surface area contributed by atoms with Crippen molar-refractivity contribution in [3.05, 3.63) is 59.0 Å². The molecule has 0 aliphatic rings. The first-order chi connectivity index (χ1) is 20.4. The monoisotopic (exact) mass is 619 g/mol. The first-order valence-corrected chi connectivity index (χ1v) is 18.1. The topological polar surface area (TPSA) is 155 Å². The number of aliphatic hydroxyl groups is 1. The highest BCUT2D eigenvalue weighted by atomic mass is 28.3. The number of amides is 1. The molecule has 2 heterocycles. The van der Waals surface area contributed by atoms with Crippen LogP contribution < -0.4 is 10.5 Å². The fourth-order valence-electron chi connectivity index (χ4n) is 5.08. The van der Waals surface area contributed by atoms with E-state index in [0.29, 0.717) is 39.7 Å². The van der Waals surface area contributed by atoms with E-state index in [0.717, 1.165) is 6.04 Å². The molecule has 44 heavy (non-hydrogen) atoms. The Hall–Kier alpha value is -4.18. The van der Waals surface area contributed by atoms with E-state index >= 15 is 0 Å². The summed E-state index contributed by atoms with van der Waals surface area (Å²) in [4.78, 5) is 29.7. The molecule has 0 aliphatic heterocycles. The Bertz CT molecular complexity index is 1770. The predicted octanol–water partition coefficient (Wildman–Crippen LogP) is 5.39. The van der Waals surface area contributed by atoms with Crippen LogP contribution in [-0.2, 0) is 26.6 Å². The number of rotatable bonds is 10. The van der Waals surface area contributed by atoms with Crippen molar-refractivity contribution < 1.29 is 28.9 Å². The maximum absolute atomic E-state index is 13.2. The number of carbonyl (C=O) groups is 2. The molecule has 12 heteroatoms. The van der Waals surface area contributed by atoms with Gasteiger partial charge in [0.1, 0.15) is 29.5 Å². The van der Waals surface area contributed by atoms with Crippen molar-refractivity contribution in [2.24, 2.45) is 5.73 Å². The Morgan fingerprint density at radius 2 is 1.84 bits per heavy atom. The summed E-state index contributed by atoms with van der Waals surface area (Å²) in [5.74, 6) is -0.252. The summed E-state index contributed by atoms with van der Waals surface area (Å²) < 4.78 is 20.7. The number of primary amides is 1. The van der Waals surface area contributed by atoms with E-state index in [1.807, 2.05) is 0 Å². The van der Waals surface area contributed by atoms with Gasteiger partial charge in [-0.15, -0.1) is 0 Å². The van der Waals surface area contributed by atoms with Crippen molar-refractivity contribution in [3.8, 4) is 11.8 Å². The summed E-state index contributed by atoms with van der Waals surface area (Å²) >= 11 is 0. The lowest BCUT2D eigenvalue weighted by Gasteiger charge is -2.28. The highest BCUT2D eigenvalue weighted by Gasteiger charge is 2.38. The van der Waals surface area contributed by atoms with Crippen LogP contribution in [0.25, 0.3) is 21.9 Å². The maximum atomic E-state index is 13.2. The van der Waals surface area contributed by atoms with Gasteiger partial charge in [-0.25, -0.2) is 9.78 Å². The van der Waals surface area contributed by atoms with E-state index in [9.17, 15) is 20.0 Å². The van der Waals surface area contributed by atoms with Gasteiger partial charge in [0.2, 0.25) is 0 Å². The zero-order chi connectivity index (χ0) is 32.6. The summed E-state index contributed by atoms with van der Waals surface area (Å²) in [6.45, 7) is 15.7. The van der Waals surface area contributed by atoms with Crippen LogP contribution in [0.3, 0.4) is 0 Å². The molecule has 0 saturated carbocycles. The van der Waals surface area contributed by atoms with Gasteiger partial charge in [-0.3, -0.25) is 9.36 Å². The van der Waals surface area contributed by atoms with Gasteiger partial charge in [0.25, 0.3) is 5.91 Å².